The Bertz CT molecular complexity index is 466. The number of nitrogen functional groups attached to an aromatic ring is 1. The van der Waals surface area contributed by atoms with Crippen LogP contribution in [0.4, 0.5) is 24.0 Å². The summed E-state index contributed by atoms with van der Waals surface area (Å²) in [5.74, 6) is 1.06. The van der Waals surface area contributed by atoms with Gasteiger partial charge in [0, 0.05) is 13.1 Å². The molecule has 0 aliphatic carbocycles. The van der Waals surface area contributed by atoms with Crippen LogP contribution in [0, 0.1) is 5.92 Å². The number of ether oxygens (including phenoxy) is 1. The molecule has 0 amide bonds. The maximum absolute atomic E-state index is 12.3. The first-order valence-electron chi connectivity index (χ1n) is 6.80. The van der Waals surface area contributed by atoms with Crippen LogP contribution in [-0.4, -0.2) is 48.2 Å². The zero-order chi connectivity index (χ0) is 15.5. The molecule has 1 aromatic heterocycles. The van der Waals surface area contributed by atoms with Crippen molar-refractivity contribution in [3.05, 3.63) is 0 Å². The van der Waals surface area contributed by atoms with Gasteiger partial charge in [0.05, 0.1) is 13.2 Å². The lowest BCUT2D eigenvalue weighted by Gasteiger charge is -2.18. The average molecular weight is 324 g/mol. The van der Waals surface area contributed by atoms with Gasteiger partial charge >= 0.3 is 6.18 Å². The molecule has 0 bridgehead atoms. The Balaban J connectivity index is 1.82. The van der Waals surface area contributed by atoms with Gasteiger partial charge in [-0.15, -0.1) is 0 Å². The SMILES string of the molecule is CCOc1c(N)nsc1NCC1CCN(CC(F)(F)F)C1. The average Bonchev–Trinajstić information content (AvgIpc) is 2.94. The Kier molecular flexibility index (Phi) is 5.15. The van der Waals surface area contributed by atoms with Crippen LogP contribution < -0.4 is 15.8 Å². The summed E-state index contributed by atoms with van der Waals surface area (Å²) in [6.07, 6.45) is -3.38. The first-order valence-corrected chi connectivity index (χ1v) is 7.57. The van der Waals surface area contributed by atoms with E-state index in [9.17, 15) is 13.2 Å². The van der Waals surface area contributed by atoms with Gasteiger partial charge in [-0.1, -0.05) is 0 Å². The summed E-state index contributed by atoms with van der Waals surface area (Å²) in [5, 5.41) is 3.93. The van der Waals surface area contributed by atoms with E-state index in [2.05, 4.69) is 9.69 Å². The van der Waals surface area contributed by atoms with Crippen molar-refractivity contribution >= 4 is 22.4 Å². The van der Waals surface area contributed by atoms with Crippen molar-refractivity contribution in [1.29, 1.82) is 0 Å². The van der Waals surface area contributed by atoms with E-state index in [1.54, 1.807) is 0 Å². The number of nitrogens with one attached hydrogen (secondary N) is 1. The second-order valence-electron chi connectivity index (χ2n) is 5.04. The molecular formula is C12H19F3N4OS. The number of anilines is 2. The molecule has 1 saturated heterocycles. The number of hydrogen-bond acceptors (Lipinski definition) is 6. The van der Waals surface area contributed by atoms with Crippen LogP contribution >= 0.6 is 11.5 Å². The minimum atomic E-state index is -4.13. The van der Waals surface area contributed by atoms with Crippen LogP contribution in [0.5, 0.6) is 5.75 Å². The molecule has 1 aromatic rings. The Morgan fingerprint density at radius 3 is 2.95 bits per heavy atom. The summed E-state index contributed by atoms with van der Waals surface area (Å²) < 4.78 is 46.4. The molecule has 9 heteroatoms. The third-order valence-corrected chi connectivity index (χ3v) is 4.09. The highest BCUT2D eigenvalue weighted by Crippen LogP contribution is 2.35. The first kappa shape index (κ1) is 16.2. The third-order valence-electron chi connectivity index (χ3n) is 3.29. The van der Waals surface area contributed by atoms with Crippen molar-refractivity contribution in [2.24, 2.45) is 5.92 Å². The summed E-state index contributed by atoms with van der Waals surface area (Å²) in [4.78, 5) is 1.44. The summed E-state index contributed by atoms with van der Waals surface area (Å²) >= 11 is 1.21. The van der Waals surface area contributed by atoms with E-state index in [-0.39, 0.29) is 5.92 Å². The molecule has 1 aliphatic heterocycles. The molecule has 0 aromatic carbocycles. The van der Waals surface area contributed by atoms with E-state index in [0.717, 1.165) is 11.4 Å². The second-order valence-corrected chi connectivity index (χ2v) is 5.82. The lowest BCUT2D eigenvalue weighted by Crippen LogP contribution is -2.33. The zero-order valence-electron chi connectivity index (χ0n) is 11.7. The van der Waals surface area contributed by atoms with Gasteiger partial charge in [0.2, 0.25) is 0 Å². The minimum Gasteiger partial charge on any atom is -0.487 e. The molecule has 1 fully saturated rings. The van der Waals surface area contributed by atoms with Gasteiger partial charge in [0.15, 0.2) is 16.6 Å². The molecule has 1 aliphatic rings. The number of halogens is 3. The van der Waals surface area contributed by atoms with Crippen LogP contribution in [0.2, 0.25) is 0 Å². The number of nitrogens with two attached hydrogens (primary N) is 1. The van der Waals surface area contributed by atoms with E-state index in [1.807, 2.05) is 6.92 Å². The summed E-state index contributed by atoms with van der Waals surface area (Å²) in [6.45, 7) is 3.03. The van der Waals surface area contributed by atoms with Crippen LogP contribution in [0.1, 0.15) is 13.3 Å². The predicted molar refractivity (Wildman–Crippen MR) is 76.8 cm³/mol. The van der Waals surface area contributed by atoms with Crippen LogP contribution in [0.15, 0.2) is 0 Å². The molecular weight excluding hydrogens is 305 g/mol. The van der Waals surface area contributed by atoms with Gasteiger partial charge in [0.25, 0.3) is 0 Å². The number of rotatable bonds is 6. The summed E-state index contributed by atoms with van der Waals surface area (Å²) in [7, 11) is 0. The topological polar surface area (TPSA) is 63.4 Å². The Hall–Kier alpha value is -1.22. The van der Waals surface area contributed by atoms with Crippen LogP contribution in [0.3, 0.4) is 0 Å². The molecule has 0 radical (unpaired) electrons. The van der Waals surface area contributed by atoms with E-state index in [4.69, 9.17) is 10.5 Å². The van der Waals surface area contributed by atoms with E-state index in [0.29, 0.717) is 37.8 Å². The number of alkyl halides is 3. The highest BCUT2D eigenvalue weighted by molar-refractivity contribution is 7.11. The van der Waals surface area contributed by atoms with Crippen molar-refractivity contribution in [3.8, 4) is 5.75 Å². The molecule has 2 heterocycles. The highest BCUT2D eigenvalue weighted by Gasteiger charge is 2.34. The van der Waals surface area contributed by atoms with Gasteiger partial charge in [-0.05, 0) is 37.3 Å². The molecule has 21 heavy (non-hydrogen) atoms. The fourth-order valence-corrected chi connectivity index (χ4v) is 3.07. The van der Waals surface area contributed by atoms with Crippen molar-refractivity contribution in [3.63, 3.8) is 0 Å². The fourth-order valence-electron chi connectivity index (χ4n) is 2.40. The predicted octanol–water partition coefficient (Wildman–Crippen LogP) is 2.42. The Morgan fingerprint density at radius 1 is 1.52 bits per heavy atom. The van der Waals surface area contributed by atoms with Crippen LogP contribution in [0.25, 0.3) is 0 Å². The Morgan fingerprint density at radius 2 is 2.29 bits per heavy atom. The lowest BCUT2D eigenvalue weighted by atomic mass is 10.1. The fraction of sp³-hybridized carbons (Fsp3) is 0.750. The summed E-state index contributed by atoms with van der Waals surface area (Å²) in [6, 6.07) is 0. The molecule has 0 spiro atoms. The van der Waals surface area contributed by atoms with Gasteiger partial charge in [0.1, 0.15) is 0 Å². The summed E-state index contributed by atoms with van der Waals surface area (Å²) in [5.41, 5.74) is 5.70. The maximum Gasteiger partial charge on any atom is 0.401 e. The molecule has 2 rings (SSSR count). The molecule has 5 nitrogen and oxygen atoms in total. The third kappa shape index (κ3) is 4.63. The van der Waals surface area contributed by atoms with Crippen molar-refractivity contribution in [2.75, 3.05) is 43.8 Å². The monoisotopic (exact) mass is 324 g/mol. The van der Waals surface area contributed by atoms with Gasteiger partial charge in [-0.3, -0.25) is 4.90 Å². The van der Waals surface area contributed by atoms with Gasteiger partial charge < -0.3 is 15.8 Å². The minimum absolute atomic E-state index is 0.185. The standard InChI is InChI=1S/C12H19F3N4OS/c1-2-20-9-10(16)18-21-11(9)17-5-8-3-4-19(6-8)7-12(13,14)15/h8,17H,2-7H2,1H3,(H2,16,18). The lowest BCUT2D eigenvalue weighted by molar-refractivity contribution is -0.143. The number of aromatic nitrogens is 1. The van der Waals surface area contributed by atoms with Gasteiger partial charge in [-0.25, -0.2) is 0 Å². The van der Waals surface area contributed by atoms with E-state index < -0.39 is 12.7 Å². The normalized spacial score (nSPS) is 19.9. The van der Waals surface area contributed by atoms with Gasteiger partial charge in [-0.2, -0.15) is 17.5 Å². The smallest absolute Gasteiger partial charge is 0.401 e. The van der Waals surface area contributed by atoms with Crippen LogP contribution in [-0.2, 0) is 0 Å². The van der Waals surface area contributed by atoms with Crippen molar-refractivity contribution in [1.82, 2.24) is 9.27 Å². The Labute approximate surface area is 125 Å². The molecule has 1 atom stereocenters. The maximum atomic E-state index is 12.3. The molecule has 3 N–H and O–H groups in total. The molecule has 120 valence electrons. The molecule has 0 saturated carbocycles. The van der Waals surface area contributed by atoms with E-state index in [1.165, 1.54) is 16.4 Å². The number of likely N-dealkylation sites (tertiary alicyclic amines) is 1. The largest absolute Gasteiger partial charge is 0.487 e. The number of nitrogens with zero attached hydrogens (tertiary/aromatic N) is 2. The number of hydrogen-bond donors (Lipinski definition) is 2. The highest BCUT2D eigenvalue weighted by atomic mass is 32.1. The zero-order valence-corrected chi connectivity index (χ0v) is 12.6. The second kappa shape index (κ2) is 6.69. The van der Waals surface area contributed by atoms with E-state index >= 15 is 0 Å². The van der Waals surface area contributed by atoms with Crippen molar-refractivity contribution in [2.45, 2.75) is 19.5 Å². The quantitative estimate of drug-likeness (QED) is 0.841. The van der Waals surface area contributed by atoms with Crippen molar-refractivity contribution < 1.29 is 17.9 Å². The molecule has 1 unspecified atom stereocenters. The first-order chi connectivity index (χ1) is 9.89.